The number of methoxy groups -OCH3 is 2. The average molecular weight is 392 g/mol. The maximum atomic E-state index is 12.6. The quantitative estimate of drug-likeness (QED) is 0.635. The van der Waals surface area contributed by atoms with E-state index in [1.165, 1.54) is 6.33 Å². The fourth-order valence-electron chi connectivity index (χ4n) is 2.88. The van der Waals surface area contributed by atoms with Crippen molar-refractivity contribution < 1.29 is 14.3 Å². The fourth-order valence-corrected chi connectivity index (χ4v) is 2.88. The third-order valence-electron chi connectivity index (χ3n) is 4.44. The largest absolute Gasteiger partial charge is 0.493 e. The summed E-state index contributed by atoms with van der Waals surface area (Å²) in [4.78, 5) is 22.9. The number of nitrogens with zero attached hydrogens (tertiary/aromatic N) is 3. The van der Waals surface area contributed by atoms with Crippen molar-refractivity contribution in [3.8, 4) is 11.5 Å². The zero-order chi connectivity index (χ0) is 20.6. The van der Waals surface area contributed by atoms with Crippen LogP contribution in [0.25, 0.3) is 0 Å². The van der Waals surface area contributed by atoms with Gasteiger partial charge in [-0.15, -0.1) is 0 Å². The van der Waals surface area contributed by atoms with Gasteiger partial charge in [0.25, 0.3) is 5.91 Å². The van der Waals surface area contributed by atoms with E-state index >= 15 is 0 Å². The second-order valence-corrected chi connectivity index (χ2v) is 6.48. The Morgan fingerprint density at radius 2 is 1.72 bits per heavy atom. The van der Waals surface area contributed by atoms with Crippen molar-refractivity contribution in [3.63, 3.8) is 0 Å². The average Bonchev–Trinajstić information content (AvgIpc) is 2.78. The van der Waals surface area contributed by atoms with Gasteiger partial charge in [0.15, 0.2) is 11.5 Å². The maximum absolute atomic E-state index is 12.6. The molecule has 0 aliphatic carbocycles. The smallest absolute Gasteiger partial charge is 0.270 e. The van der Waals surface area contributed by atoms with Crippen molar-refractivity contribution in [2.45, 2.75) is 13.1 Å². The first-order valence-electron chi connectivity index (χ1n) is 9.17. The Balaban J connectivity index is 1.65. The predicted octanol–water partition coefficient (Wildman–Crippen LogP) is 3.06. The molecule has 0 aliphatic rings. The molecule has 0 spiro atoms. The summed E-state index contributed by atoms with van der Waals surface area (Å²) < 4.78 is 10.5. The number of carbonyl (C=O) groups excluding carboxylic acids is 1. The number of amides is 1. The SMILES string of the molecule is COc1ccc(CNC(=O)c2cc(N(C)Cc3ccccc3)ncn2)cc1OC. The number of anilines is 1. The fraction of sp³-hybridized carbons (Fsp3) is 0.227. The number of carbonyl (C=O) groups is 1. The molecule has 1 aromatic heterocycles. The van der Waals surface area contributed by atoms with E-state index in [4.69, 9.17) is 9.47 Å². The van der Waals surface area contributed by atoms with Gasteiger partial charge in [0.05, 0.1) is 14.2 Å². The minimum Gasteiger partial charge on any atom is -0.493 e. The summed E-state index contributed by atoms with van der Waals surface area (Å²) in [6.07, 6.45) is 1.40. The van der Waals surface area contributed by atoms with Crippen LogP contribution < -0.4 is 19.7 Å². The van der Waals surface area contributed by atoms with E-state index in [1.807, 2.05) is 48.3 Å². The third-order valence-corrected chi connectivity index (χ3v) is 4.44. The van der Waals surface area contributed by atoms with Gasteiger partial charge >= 0.3 is 0 Å². The van der Waals surface area contributed by atoms with Gasteiger partial charge in [-0.25, -0.2) is 9.97 Å². The van der Waals surface area contributed by atoms with Gasteiger partial charge in [-0.3, -0.25) is 4.79 Å². The summed E-state index contributed by atoms with van der Waals surface area (Å²) >= 11 is 0. The lowest BCUT2D eigenvalue weighted by Gasteiger charge is -2.18. The third kappa shape index (κ3) is 5.22. The second-order valence-electron chi connectivity index (χ2n) is 6.48. The van der Waals surface area contributed by atoms with Crippen LogP contribution in [-0.4, -0.2) is 37.1 Å². The summed E-state index contributed by atoms with van der Waals surface area (Å²) in [7, 11) is 5.09. The molecule has 0 saturated carbocycles. The zero-order valence-electron chi connectivity index (χ0n) is 16.8. The molecule has 0 aliphatic heterocycles. The highest BCUT2D eigenvalue weighted by Crippen LogP contribution is 2.27. The summed E-state index contributed by atoms with van der Waals surface area (Å²) in [5.74, 6) is 1.67. The van der Waals surface area contributed by atoms with Crippen molar-refractivity contribution in [3.05, 3.63) is 77.7 Å². The highest BCUT2D eigenvalue weighted by atomic mass is 16.5. The molecule has 1 N–H and O–H groups in total. The van der Waals surface area contributed by atoms with Crippen LogP contribution >= 0.6 is 0 Å². The molecule has 150 valence electrons. The highest BCUT2D eigenvalue weighted by Gasteiger charge is 2.12. The van der Waals surface area contributed by atoms with E-state index in [-0.39, 0.29) is 5.91 Å². The van der Waals surface area contributed by atoms with E-state index < -0.39 is 0 Å². The number of ether oxygens (including phenoxy) is 2. The van der Waals surface area contributed by atoms with Gasteiger partial charge in [-0.2, -0.15) is 0 Å². The number of nitrogens with one attached hydrogen (secondary N) is 1. The van der Waals surface area contributed by atoms with Gasteiger partial charge in [-0.05, 0) is 23.3 Å². The van der Waals surface area contributed by atoms with Crippen molar-refractivity contribution >= 4 is 11.7 Å². The van der Waals surface area contributed by atoms with Gasteiger partial charge in [0, 0.05) is 26.2 Å². The first kappa shape index (κ1) is 20.1. The van der Waals surface area contributed by atoms with Gasteiger partial charge in [-0.1, -0.05) is 36.4 Å². The molecule has 1 heterocycles. The van der Waals surface area contributed by atoms with Crippen LogP contribution in [0.5, 0.6) is 11.5 Å². The van der Waals surface area contributed by atoms with Crippen LogP contribution in [-0.2, 0) is 13.1 Å². The van der Waals surface area contributed by atoms with E-state index in [1.54, 1.807) is 20.3 Å². The number of rotatable bonds is 8. The maximum Gasteiger partial charge on any atom is 0.270 e. The Morgan fingerprint density at radius 3 is 2.45 bits per heavy atom. The van der Waals surface area contributed by atoms with Crippen LogP contribution in [0.1, 0.15) is 21.6 Å². The first-order valence-corrected chi connectivity index (χ1v) is 9.17. The molecule has 3 aromatic rings. The molecule has 3 rings (SSSR count). The standard InChI is InChI=1S/C22H24N4O3/c1-26(14-16-7-5-4-6-8-16)21-12-18(24-15-25-21)22(27)23-13-17-9-10-19(28-2)20(11-17)29-3/h4-12,15H,13-14H2,1-3H3,(H,23,27). The summed E-state index contributed by atoms with van der Waals surface area (Å²) in [6, 6.07) is 17.3. The van der Waals surface area contributed by atoms with Crippen LogP contribution in [0.2, 0.25) is 0 Å². The van der Waals surface area contributed by atoms with Crippen molar-refractivity contribution in [2.24, 2.45) is 0 Å². The zero-order valence-corrected chi connectivity index (χ0v) is 16.8. The van der Waals surface area contributed by atoms with Gasteiger partial charge in [0.2, 0.25) is 0 Å². The number of hydrogen-bond acceptors (Lipinski definition) is 6. The lowest BCUT2D eigenvalue weighted by Crippen LogP contribution is -2.25. The number of benzene rings is 2. The Hall–Kier alpha value is -3.61. The molecular weight excluding hydrogens is 368 g/mol. The van der Waals surface area contributed by atoms with E-state index in [9.17, 15) is 4.79 Å². The molecule has 29 heavy (non-hydrogen) atoms. The Bertz CT molecular complexity index is 963. The molecule has 0 saturated heterocycles. The molecule has 0 unspecified atom stereocenters. The first-order chi connectivity index (χ1) is 14.1. The summed E-state index contributed by atoms with van der Waals surface area (Å²) in [6.45, 7) is 1.03. The lowest BCUT2D eigenvalue weighted by molar-refractivity contribution is 0.0945. The predicted molar refractivity (Wildman–Crippen MR) is 111 cm³/mol. The molecule has 7 nitrogen and oxygen atoms in total. The van der Waals surface area contributed by atoms with Crippen LogP contribution in [0, 0.1) is 0 Å². The van der Waals surface area contributed by atoms with Crippen LogP contribution in [0.3, 0.4) is 0 Å². The molecule has 1 amide bonds. The summed E-state index contributed by atoms with van der Waals surface area (Å²) in [5.41, 5.74) is 2.37. The molecular formula is C22H24N4O3. The minimum absolute atomic E-state index is 0.267. The van der Waals surface area contributed by atoms with Crippen LogP contribution in [0.15, 0.2) is 60.9 Å². The number of hydrogen-bond donors (Lipinski definition) is 1. The second kappa shape index (κ2) is 9.54. The van der Waals surface area contributed by atoms with E-state index in [2.05, 4.69) is 27.4 Å². The topological polar surface area (TPSA) is 76.6 Å². The van der Waals surface area contributed by atoms with Gasteiger partial charge in [0.1, 0.15) is 17.8 Å². The van der Waals surface area contributed by atoms with E-state index in [0.29, 0.717) is 36.1 Å². The number of aromatic nitrogens is 2. The Kier molecular flexibility index (Phi) is 6.63. The summed E-state index contributed by atoms with van der Waals surface area (Å²) in [5, 5.41) is 2.88. The lowest BCUT2D eigenvalue weighted by atomic mass is 10.2. The van der Waals surface area contributed by atoms with Crippen molar-refractivity contribution in [1.82, 2.24) is 15.3 Å². The van der Waals surface area contributed by atoms with Crippen LogP contribution in [0.4, 0.5) is 5.82 Å². The van der Waals surface area contributed by atoms with Gasteiger partial charge < -0.3 is 19.7 Å². The molecule has 0 atom stereocenters. The molecule has 7 heteroatoms. The molecule has 2 aromatic carbocycles. The molecule has 0 bridgehead atoms. The van der Waals surface area contributed by atoms with E-state index in [0.717, 1.165) is 11.1 Å². The van der Waals surface area contributed by atoms with Crippen molar-refractivity contribution in [2.75, 3.05) is 26.2 Å². The minimum atomic E-state index is -0.267. The van der Waals surface area contributed by atoms with Crippen molar-refractivity contribution in [1.29, 1.82) is 0 Å². The monoisotopic (exact) mass is 392 g/mol. The Morgan fingerprint density at radius 1 is 0.966 bits per heavy atom. The highest BCUT2D eigenvalue weighted by molar-refractivity contribution is 5.92. The molecule has 0 fully saturated rings. The normalized spacial score (nSPS) is 10.3. The molecule has 0 radical (unpaired) electrons. The Labute approximate surface area is 170 Å².